The van der Waals surface area contributed by atoms with Crippen molar-refractivity contribution in [3.63, 3.8) is 0 Å². The first-order chi connectivity index (χ1) is 5.69. The van der Waals surface area contributed by atoms with Crippen LogP contribution < -0.4 is 0 Å². The molecular weight excluding hydrogens is 168 g/mol. The van der Waals surface area contributed by atoms with Crippen LogP contribution in [0.2, 0.25) is 5.02 Å². The summed E-state index contributed by atoms with van der Waals surface area (Å²) >= 11 is 6.11. The van der Waals surface area contributed by atoms with Crippen molar-refractivity contribution in [3.8, 4) is 0 Å². The average molecular weight is 183 g/mol. The molecule has 0 aliphatic carbocycles. The highest BCUT2D eigenvalue weighted by Crippen LogP contribution is 2.22. The van der Waals surface area contributed by atoms with Gasteiger partial charge in [-0.2, -0.15) is 0 Å². The summed E-state index contributed by atoms with van der Waals surface area (Å²) in [5.74, 6) is 0. The molecule has 0 heterocycles. The second-order valence-electron chi connectivity index (χ2n) is 3.08. The van der Waals surface area contributed by atoms with Gasteiger partial charge in [0.05, 0.1) is 0 Å². The van der Waals surface area contributed by atoms with Crippen LogP contribution in [0.5, 0.6) is 0 Å². The Morgan fingerprint density at radius 2 is 1.83 bits per heavy atom. The Balaban J connectivity index is 3.18. The number of halogens is 1. The minimum absolute atomic E-state index is 0.925. The topological polar surface area (TPSA) is 0 Å². The quantitative estimate of drug-likeness (QED) is 0.653. The second kappa shape index (κ2) is 3.95. The molecule has 0 atom stereocenters. The molecule has 1 heteroatoms. The van der Waals surface area contributed by atoms with Gasteiger partial charge in [0.15, 0.2) is 0 Å². The Kier molecular flexibility index (Phi) is 3.16. The summed E-state index contributed by atoms with van der Waals surface area (Å²) in [5, 5.41) is 0.925. The van der Waals surface area contributed by atoms with Gasteiger partial charge in [0.25, 0.3) is 0 Å². The molecule has 0 aliphatic rings. The maximum atomic E-state index is 6.11. The lowest BCUT2D eigenvalue weighted by molar-refractivity contribution is 1.07. The monoisotopic (exact) mass is 182 g/mol. The number of hydrogen-bond acceptors (Lipinski definition) is 0. The molecule has 0 saturated heterocycles. The van der Waals surface area contributed by atoms with E-state index in [1.165, 1.54) is 16.7 Å². The third-order valence-electron chi connectivity index (χ3n) is 2.24. The molecule has 1 aromatic carbocycles. The summed E-state index contributed by atoms with van der Waals surface area (Å²) in [6.07, 6.45) is 2.08. The maximum absolute atomic E-state index is 6.11. The largest absolute Gasteiger partial charge is 0.0840 e. The van der Waals surface area contributed by atoms with E-state index in [-0.39, 0.29) is 0 Å². The predicted octanol–water partition coefficient (Wildman–Crippen LogP) is 3.77. The van der Waals surface area contributed by atoms with Crippen LogP contribution >= 0.6 is 11.6 Å². The van der Waals surface area contributed by atoms with E-state index in [2.05, 4.69) is 32.9 Å². The van der Waals surface area contributed by atoms with Crippen LogP contribution in [0.4, 0.5) is 0 Å². The predicted molar refractivity (Wildman–Crippen MR) is 54.9 cm³/mol. The van der Waals surface area contributed by atoms with Gasteiger partial charge in [0, 0.05) is 5.02 Å². The fourth-order valence-corrected chi connectivity index (χ4v) is 1.92. The first-order valence-corrected chi connectivity index (χ1v) is 4.84. The molecule has 0 aliphatic heterocycles. The van der Waals surface area contributed by atoms with E-state index in [1.54, 1.807) is 0 Å². The SMILES string of the molecule is CCc1cc(C)c(CC)c(Cl)c1. The smallest absolute Gasteiger partial charge is 0.0443 e. The number of rotatable bonds is 2. The Morgan fingerprint density at radius 3 is 2.25 bits per heavy atom. The summed E-state index contributed by atoms with van der Waals surface area (Å²) in [6, 6.07) is 4.30. The van der Waals surface area contributed by atoms with E-state index in [9.17, 15) is 0 Å². The molecule has 0 unspecified atom stereocenters. The van der Waals surface area contributed by atoms with Crippen molar-refractivity contribution >= 4 is 11.6 Å². The molecule has 0 fully saturated rings. The van der Waals surface area contributed by atoms with Gasteiger partial charge < -0.3 is 0 Å². The zero-order valence-corrected chi connectivity index (χ0v) is 8.70. The highest BCUT2D eigenvalue weighted by atomic mass is 35.5. The van der Waals surface area contributed by atoms with Crippen LogP contribution in [0.15, 0.2) is 12.1 Å². The second-order valence-corrected chi connectivity index (χ2v) is 3.49. The molecule has 0 N–H and O–H groups in total. The summed E-state index contributed by atoms with van der Waals surface area (Å²) in [4.78, 5) is 0. The van der Waals surface area contributed by atoms with Crippen molar-refractivity contribution in [2.24, 2.45) is 0 Å². The Hall–Kier alpha value is -0.490. The summed E-state index contributed by atoms with van der Waals surface area (Å²) in [6.45, 7) is 6.42. The highest BCUT2D eigenvalue weighted by Gasteiger charge is 2.03. The van der Waals surface area contributed by atoms with Gasteiger partial charge in [-0.25, -0.2) is 0 Å². The third-order valence-corrected chi connectivity index (χ3v) is 2.58. The summed E-state index contributed by atoms with van der Waals surface area (Å²) in [5.41, 5.74) is 3.94. The molecule has 0 aromatic heterocycles. The maximum Gasteiger partial charge on any atom is 0.0443 e. The summed E-state index contributed by atoms with van der Waals surface area (Å²) in [7, 11) is 0. The standard InChI is InChI=1S/C11H15Cl/c1-4-9-6-8(3)10(5-2)11(12)7-9/h6-7H,4-5H2,1-3H3. The first kappa shape index (κ1) is 9.60. The number of benzene rings is 1. The van der Waals surface area contributed by atoms with Crippen LogP contribution in [-0.2, 0) is 12.8 Å². The van der Waals surface area contributed by atoms with Crippen LogP contribution in [0.25, 0.3) is 0 Å². The van der Waals surface area contributed by atoms with E-state index < -0.39 is 0 Å². The van der Waals surface area contributed by atoms with Gasteiger partial charge in [0.2, 0.25) is 0 Å². The zero-order valence-electron chi connectivity index (χ0n) is 7.95. The molecule has 66 valence electrons. The van der Waals surface area contributed by atoms with Crippen molar-refractivity contribution < 1.29 is 0 Å². The van der Waals surface area contributed by atoms with Crippen molar-refractivity contribution in [1.29, 1.82) is 0 Å². The number of hydrogen-bond donors (Lipinski definition) is 0. The van der Waals surface area contributed by atoms with Gasteiger partial charge in [-0.3, -0.25) is 0 Å². The van der Waals surface area contributed by atoms with Crippen molar-refractivity contribution in [3.05, 3.63) is 33.8 Å². The van der Waals surface area contributed by atoms with Crippen molar-refractivity contribution in [2.45, 2.75) is 33.6 Å². The zero-order chi connectivity index (χ0) is 9.14. The molecule has 0 amide bonds. The van der Waals surface area contributed by atoms with Gasteiger partial charge in [0.1, 0.15) is 0 Å². The van der Waals surface area contributed by atoms with E-state index in [0.29, 0.717) is 0 Å². The normalized spacial score (nSPS) is 10.3. The first-order valence-electron chi connectivity index (χ1n) is 4.47. The van der Waals surface area contributed by atoms with Gasteiger partial charge in [-0.05, 0) is 42.5 Å². The highest BCUT2D eigenvalue weighted by molar-refractivity contribution is 6.31. The van der Waals surface area contributed by atoms with E-state index >= 15 is 0 Å². The van der Waals surface area contributed by atoms with Gasteiger partial charge >= 0.3 is 0 Å². The third kappa shape index (κ3) is 1.81. The molecular formula is C11H15Cl. The van der Waals surface area contributed by atoms with Gasteiger partial charge in [-0.15, -0.1) is 0 Å². The fraction of sp³-hybridized carbons (Fsp3) is 0.455. The fourth-order valence-electron chi connectivity index (χ4n) is 1.50. The van der Waals surface area contributed by atoms with Crippen LogP contribution in [-0.4, -0.2) is 0 Å². The lowest BCUT2D eigenvalue weighted by atomic mass is 10.0. The molecule has 0 bridgehead atoms. The minimum atomic E-state index is 0.925. The molecule has 0 nitrogen and oxygen atoms in total. The van der Waals surface area contributed by atoms with Crippen LogP contribution in [0.3, 0.4) is 0 Å². The van der Waals surface area contributed by atoms with E-state index in [1.807, 2.05) is 0 Å². The molecule has 12 heavy (non-hydrogen) atoms. The Labute approximate surface area is 79.6 Å². The molecule has 0 saturated carbocycles. The lowest BCUT2D eigenvalue weighted by Crippen LogP contribution is -1.91. The Bertz CT molecular complexity index is 253. The van der Waals surface area contributed by atoms with Gasteiger partial charge in [-0.1, -0.05) is 31.5 Å². The van der Waals surface area contributed by atoms with Crippen molar-refractivity contribution in [2.75, 3.05) is 0 Å². The molecule has 1 aromatic rings. The Morgan fingerprint density at radius 1 is 1.17 bits per heavy atom. The molecule has 0 spiro atoms. The minimum Gasteiger partial charge on any atom is -0.0840 e. The summed E-state index contributed by atoms with van der Waals surface area (Å²) < 4.78 is 0. The van der Waals surface area contributed by atoms with E-state index in [0.717, 1.165) is 17.9 Å². The number of aryl methyl sites for hydroxylation is 2. The molecule has 0 radical (unpaired) electrons. The average Bonchev–Trinajstić information content (AvgIpc) is 2.03. The van der Waals surface area contributed by atoms with Crippen molar-refractivity contribution in [1.82, 2.24) is 0 Å². The molecule has 1 rings (SSSR count). The van der Waals surface area contributed by atoms with Crippen LogP contribution in [0, 0.1) is 6.92 Å². The lowest BCUT2D eigenvalue weighted by Gasteiger charge is -2.07. The van der Waals surface area contributed by atoms with Crippen LogP contribution in [0.1, 0.15) is 30.5 Å². The van der Waals surface area contributed by atoms with E-state index in [4.69, 9.17) is 11.6 Å².